The number of nitriles is 1. The van der Waals surface area contributed by atoms with Crippen molar-refractivity contribution in [1.29, 1.82) is 5.26 Å². The maximum Gasteiger partial charge on any atom is 0.283 e. The Morgan fingerprint density at radius 1 is 1.19 bits per heavy atom. The zero-order valence-electron chi connectivity index (χ0n) is 22.5. The number of hydrogen-bond acceptors (Lipinski definition) is 10. The first kappa shape index (κ1) is 28.3. The molecule has 6 rings (SSSR count). The Hall–Kier alpha value is -4.80. The second-order valence-electron chi connectivity index (χ2n) is 10.2. The van der Waals surface area contributed by atoms with E-state index in [1.54, 1.807) is 42.5 Å². The van der Waals surface area contributed by atoms with Gasteiger partial charge in [-0.05, 0) is 60.9 Å². The molecule has 11 nitrogen and oxygen atoms in total. The molecule has 0 radical (unpaired) electrons. The Labute approximate surface area is 253 Å². The Balaban J connectivity index is 1.21. The number of aromatic nitrogens is 1. The number of carbonyl (C=O) groups excluding carboxylic acids is 3. The molecule has 2 aromatic carbocycles. The van der Waals surface area contributed by atoms with Gasteiger partial charge in [-0.3, -0.25) is 29.4 Å². The summed E-state index contributed by atoms with van der Waals surface area (Å²) in [6, 6.07) is 14.9. The third-order valence-corrected chi connectivity index (χ3v) is 9.65. The highest BCUT2D eigenvalue weighted by atomic mass is 32.2. The van der Waals surface area contributed by atoms with Crippen molar-refractivity contribution in [2.75, 3.05) is 4.90 Å². The van der Waals surface area contributed by atoms with Crippen molar-refractivity contribution in [2.24, 2.45) is 11.8 Å². The van der Waals surface area contributed by atoms with Crippen LogP contribution < -0.4 is 10.2 Å². The molecule has 1 aliphatic carbocycles. The number of nitrogens with zero attached hydrogens (tertiary/aromatic N) is 4. The number of carbonyl (C=O) groups is 3. The first-order chi connectivity index (χ1) is 20.8. The molecule has 2 aliphatic rings. The zero-order chi connectivity index (χ0) is 30.1. The van der Waals surface area contributed by atoms with Gasteiger partial charge >= 0.3 is 0 Å². The summed E-state index contributed by atoms with van der Waals surface area (Å²) < 4.78 is 6.46. The molecule has 1 saturated heterocycles. The lowest BCUT2D eigenvalue weighted by Crippen LogP contribution is -2.30. The number of nitrogens with one attached hydrogen (secondary N) is 1. The van der Waals surface area contributed by atoms with Gasteiger partial charge in [0, 0.05) is 6.07 Å². The van der Waals surface area contributed by atoms with Crippen molar-refractivity contribution in [3.63, 3.8) is 0 Å². The van der Waals surface area contributed by atoms with Crippen LogP contribution in [-0.2, 0) is 20.9 Å². The summed E-state index contributed by atoms with van der Waals surface area (Å²) in [5, 5.41) is 24.0. The minimum atomic E-state index is -0.634. The van der Waals surface area contributed by atoms with Crippen LogP contribution >= 0.6 is 23.1 Å². The van der Waals surface area contributed by atoms with Gasteiger partial charge in [0.2, 0.25) is 11.8 Å². The molecule has 13 heteroatoms. The van der Waals surface area contributed by atoms with Crippen molar-refractivity contribution >= 4 is 68.5 Å². The third kappa shape index (κ3) is 5.67. The summed E-state index contributed by atoms with van der Waals surface area (Å²) in [6.07, 6.45) is 6.13. The predicted octanol–water partition coefficient (Wildman–Crippen LogP) is 5.85. The van der Waals surface area contributed by atoms with E-state index in [1.807, 2.05) is 6.07 Å². The van der Waals surface area contributed by atoms with Crippen LogP contribution in [0.3, 0.4) is 0 Å². The minimum Gasteiger partial charge on any atom is -0.467 e. The average molecular weight is 614 g/mol. The summed E-state index contributed by atoms with van der Waals surface area (Å²) in [4.78, 5) is 56.2. The summed E-state index contributed by atoms with van der Waals surface area (Å²) in [7, 11) is 0. The normalized spacial score (nSPS) is 18.5. The molecule has 1 N–H and O–H groups in total. The number of rotatable bonds is 8. The predicted molar refractivity (Wildman–Crippen MR) is 159 cm³/mol. The first-order valence-electron chi connectivity index (χ1n) is 13.5. The molecule has 0 bridgehead atoms. The molecule has 2 aromatic heterocycles. The molecule has 1 aliphatic heterocycles. The molecule has 3 heterocycles. The van der Waals surface area contributed by atoms with Crippen molar-refractivity contribution < 1.29 is 23.7 Å². The van der Waals surface area contributed by atoms with Crippen LogP contribution in [0.5, 0.6) is 0 Å². The standard InChI is InChI=1S/C30H23N5O6S2/c31-15-18(27(36)32-16-20-4-3-11-41-20)12-17-7-10-25(24(13-17)35(39)40)42-30-33-23-9-8-19(14-26(23)43-30)34-28(37)21-5-1-2-6-22(21)29(34)38/h3-4,7-14,21-22H,1-2,5-6,16H2,(H,32,36)/b18-12+/t21-,22-/m1/s1. The van der Waals surface area contributed by atoms with Gasteiger partial charge in [-0.2, -0.15) is 5.26 Å². The topological polar surface area (TPSA) is 159 Å². The van der Waals surface area contributed by atoms with Gasteiger partial charge in [0.15, 0.2) is 4.34 Å². The van der Waals surface area contributed by atoms with Gasteiger partial charge in [-0.15, -0.1) is 11.3 Å². The highest BCUT2D eigenvalue weighted by Crippen LogP contribution is 2.43. The molecule has 4 aromatic rings. The third-order valence-electron chi connectivity index (χ3n) is 7.51. The van der Waals surface area contributed by atoms with Crippen molar-refractivity contribution in [2.45, 2.75) is 41.5 Å². The van der Waals surface area contributed by atoms with Crippen LogP contribution in [0, 0.1) is 33.3 Å². The van der Waals surface area contributed by atoms with Crippen LogP contribution in [0.2, 0.25) is 0 Å². The molecule has 216 valence electrons. The van der Waals surface area contributed by atoms with Crippen molar-refractivity contribution in [3.05, 3.63) is 81.8 Å². The quantitative estimate of drug-likeness (QED) is 0.0845. The summed E-state index contributed by atoms with van der Waals surface area (Å²) >= 11 is 2.42. The Morgan fingerprint density at radius 2 is 1.95 bits per heavy atom. The van der Waals surface area contributed by atoms with E-state index in [0.29, 0.717) is 31.8 Å². The first-order valence-corrected chi connectivity index (χ1v) is 15.1. The van der Waals surface area contributed by atoms with Gasteiger partial charge in [0.1, 0.15) is 17.4 Å². The fraction of sp³-hybridized carbons (Fsp3) is 0.233. The molecular weight excluding hydrogens is 590 g/mol. The largest absolute Gasteiger partial charge is 0.467 e. The number of hydrogen-bond donors (Lipinski definition) is 1. The summed E-state index contributed by atoms with van der Waals surface area (Å²) in [6.45, 7) is 0.0932. The molecule has 43 heavy (non-hydrogen) atoms. The van der Waals surface area contributed by atoms with Gasteiger partial charge in [-0.25, -0.2) is 4.98 Å². The second kappa shape index (κ2) is 11.8. The smallest absolute Gasteiger partial charge is 0.283 e. The zero-order valence-corrected chi connectivity index (χ0v) is 24.2. The van der Waals surface area contributed by atoms with E-state index < -0.39 is 10.8 Å². The lowest BCUT2D eigenvalue weighted by molar-refractivity contribution is -0.387. The SMILES string of the molecule is N#C/C(=C\c1ccc(Sc2nc3ccc(N4C(=O)[C@@H]5CCCC[C@H]5C4=O)cc3s2)c([N+](=O)[O-])c1)C(=O)NCc1ccco1. The minimum absolute atomic E-state index is 0.0932. The van der Waals surface area contributed by atoms with Gasteiger partial charge in [0.05, 0.1) is 50.4 Å². The number of nitro groups is 1. The van der Waals surface area contributed by atoms with Gasteiger partial charge in [-0.1, -0.05) is 30.7 Å². The maximum absolute atomic E-state index is 13.0. The highest BCUT2D eigenvalue weighted by molar-refractivity contribution is 8.01. The molecule has 0 unspecified atom stereocenters. The van der Waals surface area contributed by atoms with Crippen LogP contribution in [-0.4, -0.2) is 27.6 Å². The lowest BCUT2D eigenvalue weighted by atomic mass is 9.81. The molecule has 2 fully saturated rings. The van der Waals surface area contributed by atoms with E-state index in [2.05, 4.69) is 10.3 Å². The van der Waals surface area contributed by atoms with E-state index in [4.69, 9.17) is 4.42 Å². The highest BCUT2D eigenvalue weighted by Gasteiger charge is 2.48. The Morgan fingerprint density at radius 3 is 2.63 bits per heavy atom. The van der Waals surface area contributed by atoms with Crippen LogP contribution in [0.25, 0.3) is 16.3 Å². The Kier molecular flexibility index (Phi) is 7.79. The average Bonchev–Trinajstić information content (AvgIpc) is 3.73. The van der Waals surface area contributed by atoms with Crippen molar-refractivity contribution in [3.8, 4) is 6.07 Å². The summed E-state index contributed by atoms with van der Waals surface area (Å²) in [5.74, 6) is -0.902. The lowest BCUT2D eigenvalue weighted by Gasteiger charge is -2.19. The number of amides is 3. The number of fused-ring (bicyclic) bond motifs is 2. The molecular formula is C30H23N5O6S2. The fourth-order valence-corrected chi connectivity index (χ4v) is 7.57. The van der Waals surface area contributed by atoms with Crippen LogP contribution in [0.4, 0.5) is 11.4 Å². The van der Waals surface area contributed by atoms with E-state index in [-0.39, 0.29) is 41.5 Å². The van der Waals surface area contributed by atoms with Gasteiger partial charge < -0.3 is 9.73 Å². The summed E-state index contributed by atoms with van der Waals surface area (Å²) in [5.41, 5.74) is 1.06. The van der Waals surface area contributed by atoms with E-state index >= 15 is 0 Å². The molecule has 2 atom stereocenters. The van der Waals surface area contributed by atoms with Crippen LogP contribution in [0.15, 0.2) is 74.0 Å². The molecule has 3 amide bonds. The van der Waals surface area contributed by atoms with Gasteiger partial charge in [0.25, 0.3) is 11.6 Å². The second-order valence-corrected chi connectivity index (χ2v) is 12.5. The monoisotopic (exact) mass is 613 g/mol. The number of anilines is 1. The molecule has 1 saturated carbocycles. The van der Waals surface area contributed by atoms with Crippen LogP contribution in [0.1, 0.15) is 37.0 Å². The maximum atomic E-state index is 13.0. The number of furan rings is 1. The van der Waals surface area contributed by atoms with E-state index in [1.165, 1.54) is 34.6 Å². The fourth-order valence-electron chi connectivity index (χ4n) is 5.43. The molecule has 0 spiro atoms. The number of thiazole rings is 1. The Bertz CT molecular complexity index is 1820. The number of benzene rings is 2. The number of imide groups is 1. The van der Waals surface area contributed by atoms with Crippen molar-refractivity contribution in [1.82, 2.24) is 10.3 Å². The van der Waals surface area contributed by atoms with E-state index in [9.17, 15) is 29.8 Å². The van der Waals surface area contributed by atoms with E-state index in [0.717, 1.165) is 42.1 Å². The number of nitro benzene ring substituents is 1.